The highest BCUT2D eigenvalue weighted by molar-refractivity contribution is 7.19. The Bertz CT molecular complexity index is 876. The zero-order valence-electron chi connectivity index (χ0n) is 14.7. The highest BCUT2D eigenvalue weighted by Crippen LogP contribution is 2.39. The summed E-state index contributed by atoms with van der Waals surface area (Å²) in [5.41, 5.74) is 0.178. The van der Waals surface area contributed by atoms with Crippen molar-refractivity contribution in [2.75, 3.05) is 32.6 Å². The molecular formula is C18H18F3N3OS2. The number of anilines is 2. The Balaban J connectivity index is 1.80. The zero-order valence-corrected chi connectivity index (χ0v) is 16.3. The van der Waals surface area contributed by atoms with Crippen LogP contribution in [0.2, 0.25) is 0 Å². The Labute approximate surface area is 163 Å². The highest BCUT2D eigenvalue weighted by Gasteiger charge is 2.34. The minimum Gasteiger partial charge on any atom is -0.492 e. The number of rotatable bonds is 7. The molecule has 0 radical (unpaired) electrons. The van der Waals surface area contributed by atoms with Gasteiger partial charge in [-0.1, -0.05) is 11.3 Å². The van der Waals surface area contributed by atoms with E-state index < -0.39 is 11.7 Å². The topological polar surface area (TPSA) is 37.4 Å². The van der Waals surface area contributed by atoms with Crippen molar-refractivity contribution < 1.29 is 17.9 Å². The fourth-order valence-corrected chi connectivity index (χ4v) is 3.84. The minimum atomic E-state index is -4.50. The molecule has 144 valence electrons. The highest BCUT2D eigenvalue weighted by atomic mass is 32.1. The van der Waals surface area contributed by atoms with Gasteiger partial charge in [0.2, 0.25) is 0 Å². The van der Waals surface area contributed by atoms with Crippen molar-refractivity contribution in [1.29, 1.82) is 0 Å². The SMILES string of the molecule is CN(C)CCOc1ccc(Nc2ncc(-c3ccsc3)s2)c(C(F)(F)F)c1. The maximum atomic E-state index is 13.5. The standard InChI is InChI=1S/C18H18F3N3OS2/c1-24(2)6-7-25-13-3-4-15(14(9-13)18(19,20)21)23-17-22-10-16(27-17)12-5-8-26-11-12/h3-5,8-11H,6-7H2,1-2H3,(H,22,23). The van der Waals surface area contributed by atoms with Gasteiger partial charge >= 0.3 is 6.18 Å². The molecule has 0 saturated carbocycles. The number of halogens is 3. The van der Waals surface area contributed by atoms with Crippen LogP contribution in [-0.4, -0.2) is 37.1 Å². The summed E-state index contributed by atoms with van der Waals surface area (Å²) in [6, 6.07) is 5.87. The number of aromatic nitrogens is 1. The van der Waals surface area contributed by atoms with Crippen LogP contribution in [0.5, 0.6) is 5.75 Å². The lowest BCUT2D eigenvalue weighted by Crippen LogP contribution is -2.19. The van der Waals surface area contributed by atoms with Gasteiger partial charge in [-0.25, -0.2) is 4.98 Å². The van der Waals surface area contributed by atoms with Crippen molar-refractivity contribution in [3.05, 3.63) is 46.8 Å². The first kappa shape index (κ1) is 19.7. The van der Waals surface area contributed by atoms with Gasteiger partial charge < -0.3 is 15.0 Å². The number of hydrogen-bond donors (Lipinski definition) is 1. The molecule has 3 rings (SSSR count). The van der Waals surface area contributed by atoms with Crippen molar-refractivity contribution in [2.24, 2.45) is 0 Å². The van der Waals surface area contributed by atoms with Crippen LogP contribution in [0.3, 0.4) is 0 Å². The summed E-state index contributed by atoms with van der Waals surface area (Å²) >= 11 is 2.86. The Kier molecular flexibility index (Phi) is 6.03. The number of hydrogen-bond acceptors (Lipinski definition) is 6. The number of thiazole rings is 1. The molecule has 0 bridgehead atoms. The van der Waals surface area contributed by atoms with Crippen molar-refractivity contribution in [2.45, 2.75) is 6.18 Å². The second-order valence-corrected chi connectivity index (χ2v) is 7.83. The summed E-state index contributed by atoms with van der Waals surface area (Å²) in [6.45, 7) is 0.930. The van der Waals surface area contributed by atoms with Crippen LogP contribution in [0.15, 0.2) is 41.2 Å². The molecule has 0 unspecified atom stereocenters. The predicted octanol–water partition coefficient (Wildman–Crippen LogP) is 5.57. The fourth-order valence-electron chi connectivity index (χ4n) is 2.29. The smallest absolute Gasteiger partial charge is 0.418 e. The van der Waals surface area contributed by atoms with Gasteiger partial charge in [-0.3, -0.25) is 0 Å². The first-order valence-electron chi connectivity index (χ1n) is 8.07. The third-order valence-corrected chi connectivity index (χ3v) is 5.30. The molecule has 1 N–H and O–H groups in total. The van der Waals surface area contributed by atoms with E-state index in [-0.39, 0.29) is 11.4 Å². The first-order chi connectivity index (χ1) is 12.8. The summed E-state index contributed by atoms with van der Waals surface area (Å²) in [5, 5.41) is 7.11. The fraction of sp³-hybridized carbons (Fsp3) is 0.278. The van der Waals surface area contributed by atoms with E-state index in [1.165, 1.54) is 23.5 Å². The van der Waals surface area contributed by atoms with Gasteiger partial charge in [-0.05, 0) is 49.1 Å². The van der Waals surface area contributed by atoms with E-state index in [9.17, 15) is 13.2 Å². The molecule has 9 heteroatoms. The minimum absolute atomic E-state index is 0.0475. The van der Waals surface area contributed by atoms with E-state index in [0.29, 0.717) is 18.3 Å². The van der Waals surface area contributed by atoms with Gasteiger partial charge in [0, 0.05) is 18.3 Å². The maximum Gasteiger partial charge on any atom is 0.418 e. The van der Waals surface area contributed by atoms with Crippen molar-refractivity contribution in [3.63, 3.8) is 0 Å². The van der Waals surface area contributed by atoms with Gasteiger partial charge in [-0.15, -0.1) is 0 Å². The quantitative estimate of drug-likeness (QED) is 0.549. The van der Waals surface area contributed by atoms with Gasteiger partial charge in [0.05, 0.1) is 16.1 Å². The number of thiophene rings is 1. The molecule has 2 heterocycles. The van der Waals surface area contributed by atoms with E-state index in [2.05, 4.69) is 10.3 Å². The number of ether oxygens (including phenoxy) is 1. The van der Waals surface area contributed by atoms with Crippen molar-refractivity contribution >= 4 is 33.5 Å². The molecular weight excluding hydrogens is 395 g/mol. The molecule has 0 saturated heterocycles. The molecule has 0 aliphatic rings. The maximum absolute atomic E-state index is 13.5. The summed E-state index contributed by atoms with van der Waals surface area (Å²) in [4.78, 5) is 6.99. The number of benzene rings is 1. The Hall–Kier alpha value is -2.10. The Morgan fingerprint density at radius 2 is 2.04 bits per heavy atom. The summed E-state index contributed by atoms with van der Waals surface area (Å²) in [7, 11) is 3.74. The molecule has 0 fully saturated rings. The molecule has 4 nitrogen and oxygen atoms in total. The number of nitrogens with zero attached hydrogens (tertiary/aromatic N) is 2. The van der Waals surface area contributed by atoms with Crippen LogP contribution in [0.25, 0.3) is 10.4 Å². The summed E-state index contributed by atoms with van der Waals surface area (Å²) < 4.78 is 45.9. The van der Waals surface area contributed by atoms with E-state index in [4.69, 9.17) is 4.74 Å². The van der Waals surface area contributed by atoms with Gasteiger partial charge in [0.1, 0.15) is 12.4 Å². The monoisotopic (exact) mass is 413 g/mol. The summed E-state index contributed by atoms with van der Waals surface area (Å²) in [5.74, 6) is 0.188. The van der Waals surface area contributed by atoms with E-state index in [1.807, 2.05) is 35.8 Å². The lowest BCUT2D eigenvalue weighted by molar-refractivity contribution is -0.137. The molecule has 1 aromatic carbocycles. The largest absolute Gasteiger partial charge is 0.492 e. The van der Waals surface area contributed by atoms with Crippen LogP contribution in [-0.2, 0) is 6.18 Å². The van der Waals surface area contributed by atoms with Crippen molar-refractivity contribution in [3.8, 4) is 16.2 Å². The molecule has 0 spiro atoms. The molecule has 2 aromatic heterocycles. The molecule has 0 aliphatic heterocycles. The van der Waals surface area contributed by atoms with E-state index in [0.717, 1.165) is 16.5 Å². The molecule has 3 aromatic rings. The van der Waals surface area contributed by atoms with Gasteiger partial charge in [0.15, 0.2) is 5.13 Å². The second-order valence-electron chi connectivity index (χ2n) is 6.02. The van der Waals surface area contributed by atoms with E-state index >= 15 is 0 Å². The van der Waals surface area contributed by atoms with Crippen LogP contribution < -0.4 is 10.1 Å². The first-order valence-corrected chi connectivity index (χ1v) is 9.83. The third kappa shape index (κ3) is 5.21. The number of alkyl halides is 3. The Morgan fingerprint density at radius 3 is 2.70 bits per heavy atom. The van der Waals surface area contributed by atoms with Crippen LogP contribution >= 0.6 is 22.7 Å². The van der Waals surface area contributed by atoms with Crippen LogP contribution in [0.4, 0.5) is 24.0 Å². The lowest BCUT2D eigenvalue weighted by Gasteiger charge is -2.16. The molecule has 27 heavy (non-hydrogen) atoms. The zero-order chi connectivity index (χ0) is 19.4. The Morgan fingerprint density at radius 1 is 1.22 bits per heavy atom. The molecule has 0 atom stereocenters. The number of nitrogens with one attached hydrogen (secondary N) is 1. The molecule has 0 aliphatic carbocycles. The van der Waals surface area contributed by atoms with Crippen LogP contribution in [0, 0.1) is 0 Å². The van der Waals surface area contributed by atoms with E-state index in [1.54, 1.807) is 17.5 Å². The normalized spacial score (nSPS) is 11.8. The van der Waals surface area contributed by atoms with Gasteiger partial charge in [-0.2, -0.15) is 24.5 Å². The predicted molar refractivity (Wildman–Crippen MR) is 104 cm³/mol. The summed E-state index contributed by atoms with van der Waals surface area (Å²) in [6.07, 6.45) is -2.85. The lowest BCUT2D eigenvalue weighted by atomic mass is 10.1. The van der Waals surface area contributed by atoms with Crippen LogP contribution in [0.1, 0.15) is 5.56 Å². The molecule has 0 amide bonds. The average Bonchev–Trinajstić information content (AvgIpc) is 3.26. The van der Waals surface area contributed by atoms with Gasteiger partial charge in [0.25, 0.3) is 0 Å². The average molecular weight is 413 g/mol. The second kappa shape index (κ2) is 8.28. The van der Waals surface area contributed by atoms with Crippen molar-refractivity contribution in [1.82, 2.24) is 9.88 Å². The number of likely N-dealkylation sites (N-methyl/N-ethyl adjacent to an activating group) is 1. The third-order valence-electron chi connectivity index (χ3n) is 3.66.